The molecule has 0 saturated carbocycles. The van der Waals surface area contributed by atoms with E-state index in [2.05, 4.69) is 33.4 Å². The van der Waals surface area contributed by atoms with Crippen molar-refractivity contribution in [2.45, 2.75) is 12.8 Å². The normalized spacial score (nSPS) is 15.0. The zero-order valence-corrected chi connectivity index (χ0v) is 13.7. The second-order valence-corrected chi connectivity index (χ2v) is 6.43. The van der Waals surface area contributed by atoms with Crippen LogP contribution in [0.25, 0.3) is 0 Å². The molecular formula is C17H22N4S. The fraction of sp³-hybridized carbons (Fsp3) is 0.353. The lowest BCUT2D eigenvalue weighted by Crippen LogP contribution is -2.34. The number of nitrogens with zero attached hydrogens (tertiary/aromatic N) is 2. The van der Waals surface area contributed by atoms with Crippen molar-refractivity contribution in [1.82, 2.24) is 5.32 Å². The maximum Gasteiger partial charge on any atom is 0.141 e. The van der Waals surface area contributed by atoms with Crippen molar-refractivity contribution in [3.63, 3.8) is 0 Å². The van der Waals surface area contributed by atoms with E-state index in [1.165, 1.54) is 17.7 Å². The van der Waals surface area contributed by atoms with E-state index in [9.17, 15) is 0 Å². The number of nitrogens with two attached hydrogens (primary N) is 1. The molecule has 1 aliphatic heterocycles. The number of rotatable bonds is 5. The van der Waals surface area contributed by atoms with E-state index in [1.807, 2.05) is 24.6 Å². The Hall–Kier alpha value is -1.85. The minimum absolute atomic E-state index is 0.595. The molecule has 0 unspecified atom stereocenters. The summed E-state index contributed by atoms with van der Waals surface area (Å²) in [6.45, 7) is 3.18. The third-order valence-electron chi connectivity index (χ3n) is 3.93. The molecule has 4 nitrogen and oxygen atoms in total. The number of thiophene rings is 1. The van der Waals surface area contributed by atoms with Crippen LogP contribution in [0.2, 0.25) is 0 Å². The van der Waals surface area contributed by atoms with Crippen molar-refractivity contribution in [2.24, 2.45) is 10.7 Å². The summed E-state index contributed by atoms with van der Waals surface area (Å²) < 4.78 is 0. The molecule has 0 amide bonds. The molecule has 0 spiro atoms. The average Bonchev–Trinajstić information content (AvgIpc) is 3.07. The quantitative estimate of drug-likeness (QED) is 0.659. The molecule has 0 bridgehead atoms. The Morgan fingerprint density at radius 3 is 3.09 bits per heavy atom. The Labute approximate surface area is 135 Å². The molecule has 1 aromatic carbocycles. The van der Waals surface area contributed by atoms with Crippen LogP contribution in [0.5, 0.6) is 0 Å². The fourth-order valence-electron chi connectivity index (χ4n) is 2.83. The van der Waals surface area contributed by atoms with Gasteiger partial charge in [0.25, 0.3) is 0 Å². The molecule has 5 heteroatoms. The number of hydrogen-bond acceptors (Lipinski definition) is 4. The second kappa shape index (κ2) is 6.94. The first-order chi connectivity index (χ1) is 10.8. The zero-order valence-electron chi connectivity index (χ0n) is 12.9. The third kappa shape index (κ3) is 3.31. The Morgan fingerprint density at radius 2 is 2.32 bits per heavy atom. The average molecular weight is 314 g/mol. The van der Waals surface area contributed by atoms with Crippen LogP contribution in [0.3, 0.4) is 0 Å². The molecule has 2 heterocycles. The van der Waals surface area contributed by atoms with E-state index in [0.29, 0.717) is 5.84 Å². The number of aliphatic imine (C=N–C) groups is 1. The van der Waals surface area contributed by atoms with Crippen molar-refractivity contribution in [3.05, 3.63) is 46.2 Å². The van der Waals surface area contributed by atoms with Gasteiger partial charge in [-0.15, -0.1) is 11.3 Å². The zero-order chi connectivity index (χ0) is 15.4. The lowest BCUT2D eigenvalue weighted by Gasteiger charge is -2.31. The summed E-state index contributed by atoms with van der Waals surface area (Å²) in [6.07, 6.45) is 2.32. The first-order valence-corrected chi connectivity index (χ1v) is 8.56. The standard InChI is InChI=1S/C17H22N4S/c1-19-8-10-21-9-2-4-13-12-14(6-7-15(13)21)20-17(18)16-5-3-11-22-16/h3,5-7,11-12,19H,2,4,8-10H2,1H3,(H2,18,20). The molecule has 0 fully saturated rings. The second-order valence-electron chi connectivity index (χ2n) is 5.48. The van der Waals surface area contributed by atoms with Crippen LogP contribution < -0.4 is 16.0 Å². The van der Waals surface area contributed by atoms with Gasteiger partial charge in [0.2, 0.25) is 0 Å². The van der Waals surface area contributed by atoms with Gasteiger partial charge in [-0.3, -0.25) is 0 Å². The molecule has 0 saturated heterocycles. The van der Waals surface area contributed by atoms with Gasteiger partial charge >= 0.3 is 0 Å². The van der Waals surface area contributed by atoms with Gasteiger partial charge in [0, 0.05) is 25.3 Å². The lowest BCUT2D eigenvalue weighted by atomic mass is 10.0. The minimum Gasteiger partial charge on any atom is -0.383 e. The maximum atomic E-state index is 6.08. The van der Waals surface area contributed by atoms with Crippen LogP contribution >= 0.6 is 11.3 Å². The largest absolute Gasteiger partial charge is 0.383 e. The van der Waals surface area contributed by atoms with Crippen molar-refractivity contribution >= 4 is 28.5 Å². The highest BCUT2D eigenvalue weighted by atomic mass is 32.1. The van der Waals surface area contributed by atoms with Gasteiger partial charge in [0.1, 0.15) is 5.84 Å². The summed E-state index contributed by atoms with van der Waals surface area (Å²) in [4.78, 5) is 8.04. The summed E-state index contributed by atoms with van der Waals surface area (Å²) >= 11 is 1.62. The molecule has 116 valence electrons. The molecule has 3 rings (SSSR count). The number of aryl methyl sites for hydroxylation is 1. The van der Waals surface area contributed by atoms with Crippen LogP contribution in [-0.2, 0) is 6.42 Å². The van der Waals surface area contributed by atoms with Crippen molar-refractivity contribution in [2.75, 3.05) is 31.6 Å². The highest BCUT2D eigenvalue weighted by Gasteiger charge is 2.16. The number of amidine groups is 1. The van der Waals surface area contributed by atoms with Crippen molar-refractivity contribution in [3.8, 4) is 0 Å². The van der Waals surface area contributed by atoms with Gasteiger partial charge in [-0.05, 0) is 55.1 Å². The molecule has 0 aliphatic carbocycles. The Kier molecular flexibility index (Phi) is 4.75. The molecule has 2 aromatic rings. The molecule has 3 N–H and O–H groups in total. The number of anilines is 1. The SMILES string of the molecule is CNCCN1CCCc2cc(N=C(N)c3cccs3)ccc21. The summed E-state index contributed by atoms with van der Waals surface area (Å²) in [7, 11) is 2.00. The highest BCUT2D eigenvalue weighted by Crippen LogP contribution is 2.30. The lowest BCUT2D eigenvalue weighted by molar-refractivity contribution is 0.664. The van der Waals surface area contributed by atoms with Crippen molar-refractivity contribution in [1.29, 1.82) is 0 Å². The van der Waals surface area contributed by atoms with Crippen LogP contribution in [0, 0.1) is 0 Å². The van der Waals surface area contributed by atoms with Gasteiger partial charge < -0.3 is 16.0 Å². The maximum absolute atomic E-state index is 6.08. The van der Waals surface area contributed by atoms with Crippen molar-refractivity contribution < 1.29 is 0 Å². The first-order valence-electron chi connectivity index (χ1n) is 7.68. The first kappa shape index (κ1) is 15.1. The Morgan fingerprint density at radius 1 is 1.41 bits per heavy atom. The van der Waals surface area contributed by atoms with Crippen LogP contribution in [0.15, 0.2) is 40.7 Å². The van der Waals surface area contributed by atoms with Gasteiger partial charge in [0.15, 0.2) is 0 Å². The molecule has 22 heavy (non-hydrogen) atoms. The molecule has 0 atom stereocenters. The van der Waals surface area contributed by atoms with E-state index >= 15 is 0 Å². The summed E-state index contributed by atoms with van der Waals surface area (Å²) in [6, 6.07) is 10.4. The topological polar surface area (TPSA) is 53.6 Å². The minimum atomic E-state index is 0.595. The van der Waals surface area contributed by atoms with Crippen LogP contribution in [-0.4, -0.2) is 32.5 Å². The van der Waals surface area contributed by atoms with E-state index in [1.54, 1.807) is 11.3 Å². The number of fused-ring (bicyclic) bond motifs is 1. The van der Waals surface area contributed by atoms with Gasteiger partial charge in [-0.2, -0.15) is 0 Å². The predicted molar refractivity (Wildman–Crippen MR) is 95.6 cm³/mol. The third-order valence-corrected chi connectivity index (χ3v) is 4.83. The number of likely N-dealkylation sites (N-methyl/N-ethyl adjacent to an activating group) is 1. The Balaban J connectivity index is 1.83. The number of hydrogen-bond donors (Lipinski definition) is 2. The monoisotopic (exact) mass is 314 g/mol. The van der Waals surface area contributed by atoms with Gasteiger partial charge in [0.05, 0.1) is 10.6 Å². The van der Waals surface area contributed by atoms with Crippen LogP contribution in [0.1, 0.15) is 16.9 Å². The fourth-order valence-corrected chi connectivity index (χ4v) is 3.46. The van der Waals surface area contributed by atoms with E-state index < -0.39 is 0 Å². The molecule has 1 aliphatic rings. The van der Waals surface area contributed by atoms with Gasteiger partial charge in [-0.1, -0.05) is 6.07 Å². The summed E-state index contributed by atoms with van der Waals surface area (Å²) in [5.74, 6) is 0.595. The van der Waals surface area contributed by atoms with Crippen LogP contribution in [0.4, 0.5) is 11.4 Å². The Bertz CT molecular complexity index is 649. The van der Waals surface area contributed by atoms with E-state index in [4.69, 9.17) is 5.73 Å². The summed E-state index contributed by atoms with van der Waals surface area (Å²) in [5.41, 5.74) is 9.75. The van der Waals surface area contributed by atoms with Gasteiger partial charge in [-0.25, -0.2) is 4.99 Å². The smallest absolute Gasteiger partial charge is 0.141 e. The van der Waals surface area contributed by atoms with E-state index in [-0.39, 0.29) is 0 Å². The molecule has 1 aromatic heterocycles. The number of benzene rings is 1. The van der Waals surface area contributed by atoms with E-state index in [0.717, 1.165) is 36.6 Å². The highest BCUT2D eigenvalue weighted by molar-refractivity contribution is 7.12. The molecular weight excluding hydrogens is 292 g/mol. The number of nitrogens with one attached hydrogen (secondary N) is 1. The summed E-state index contributed by atoms with van der Waals surface area (Å²) in [5, 5.41) is 5.24. The predicted octanol–water partition coefficient (Wildman–Crippen LogP) is 2.76. The molecule has 0 radical (unpaired) electrons.